The number of rotatable bonds is 7. The van der Waals surface area contributed by atoms with Gasteiger partial charge in [-0.05, 0) is 36.4 Å². The number of nitrogens with one attached hydrogen (secondary N) is 3. The van der Waals surface area contributed by atoms with Crippen molar-refractivity contribution in [3.05, 3.63) is 88.4 Å². The second kappa shape index (κ2) is 9.18. The number of nitrogens with zero attached hydrogens (tertiary/aromatic N) is 1. The highest BCUT2D eigenvalue weighted by Gasteiger charge is 2.15. The van der Waals surface area contributed by atoms with Crippen LogP contribution in [0.25, 0.3) is 0 Å². The van der Waals surface area contributed by atoms with Crippen LogP contribution < -0.4 is 16.0 Å². The quantitative estimate of drug-likeness (QED) is 0.416. The zero-order chi connectivity index (χ0) is 20.6. The largest absolute Gasteiger partial charge is 0.467 e. The predicted molar refractivity (Wildman–Crippen MR) is 106 cm³/mol. The molecule has 3 amide bonds. The summed E-state index contributed by atoms with van der Waals surface area (Å²) in [5.74, 6) is 0.257. The number of hydrogen-bond donors (Lipinski definition) is 3. The highest BCUT2D eigenvalue weighted by atomic mass is 16.6. The molecule has 3 N–H and O–H groups in total. The number of benzene rings is 2. The molecule has 0 aliphatic heterocycles. The molecule has 0 bridgehead atoms. The molecular formula is C20H18N4O5. The number of nitro benzene ring substituents is 1. The molecule has 0 atom stereocenters. The lowest BCUT2D eigenvalue weighted by Gasteiger charge is -2.09. The second-order valence-corrected chi connectivity index (χ2v) is 6.08. The van der Waals surface area contributed by atoms with Gasteiger partial charge in [0, 0.05) is 23.0 Å². The second-order valence-electron chi connectivity index (χ2n) is 6.08. The van der Waals surface area contributed by atoms with Gasteiger partial charge in [-0.25, -0.2) is 4.79 Å². The topological polar surface area (TPSA) is 127 Å². The minimum absolute atomic E-state index is 0.0947. The van der Waals surface area contributed by atoms with E-state index in [2.05, 4.69) is 16.0 Å². The van der Waals surface area contributed by atoms with E-state index in [1.807, 2.05) is 0 Å². The van der Waals surface area contributed by atoms with Gasteiger partial charge in [0.25, 0.3) is 5.69 Å². The van der Waals surface area contributed by atoms with Crippen molar-refractivity contribution in [3.63, 3.8) is 0 Å². The van der Waals surface area contributed by atoms with Gasteiger partial charge < -0.3 is 20.4 Å². The van der Waals surface area contributed by atoms with Gasteiger partial charge in [-0.3, -0.25) is 14.9 Å². The summed E-state index contributed by atoms with van der Waals surface area (Å²) in [6.45, 7) is 0.262. The highest BCUT2D eigenvalue weighted by Crippen LogP contribution is 2.19. The van der Waals surface area contributed by atoms with Crippen LogP contribution in [0.1, 0.15) is 11.3 Å². The number of amides is 3. The predicted octanol–water partition coefficient (Wildman–Crippen LogP) is 3.69. The Morgan fingerprint density at radius 3 is 2.28 bits per heavy atom. The fourth-order valence-corrected chi connectivity index (χ4v) is 2.61. The number of carbonyl (C=O) groups excluding carboxylic acids is 2. The first-order chi connectivity index (χ1) is 14.0. The van der Waals surface area contributed by atoms with Crippen LogP contribution in [0, 0.1) is 10.1 Å². The Labute approximate surface area is 165 Å². The van der Waals surface area contributed by atoms with Gasteiger partial charge in [-0.1, -0.05) is 18.2 Å². The summed E-state index contributed by atoms with van der Waals surface area (Å²) < 4.78 is 5.13. The smallest absolute Gasteiger partial charge is 0.319 e. The monoisotopic (exact) mass is 394 g/mol. The molecule has 0 aliphatic rings. The highest BCUT2D eigenvalue weighted by molar-refractivity contribution is 5.93. The molecule has 9 heteroatoms. The molecule has 0 saturated carbocycles. The fraction of sp³-hybridized carbons (Fsp3) is 0.100. The minimum atomic E-state index is -0.514. The Morgan fingerprint density at radius 1 is 0.931 bits per heavy atom. The first-order valence-electron chi connectivity index (χ1n) is 8.71. The van der Waals surface area contributed by atoms with Crippen molar-refractivity contribution in [1.82, 2.24) is 5.32 Å². The number of para-hydroxylation sites is 1. The fourth-order valence-electron chi connectivity index (χ4n) is 2.61. The number of anilines is 2. The van der Waals surface area contributed by atoms with Gasteiger partial charge in [-0.2, -0.15) is 0 Å². The third kappa shape index (κ3) is 5.67. The van der Waals surface area contributed by atoms with E-state index in [0.29, 0.717) is 22.7 Å². The van der Waals surface area contributed by atoms with Gasteiger partial charge in [-0.15, -0.1) is 0 Å². The van der Waals surface area contributed by atoms with Crippen LogP contribution in [0.2, 0.25) is 0 Å². The molecular weight excluding hydrogens is 376 g/mol. The number of carbonyl (C=O) groups is 2. The molecule has 0 spiro atoms. The molecule has 0 fully saturated rings. The molecule has 148 valence electrons. The van der Waals surface area contributed by atoms with Gasteiger partial charge in [0.2, 0.25) is 5.91 Å². The lowest BCUT2D eigenvalue weighted by atomic mass is 10.1. The molecule has 0 saturated heterocycles. The standard InChI is InChI=1S/C20H18N4O5/c25-19(12-14-4-1-2-6-18(14)24(27)28)22-15-7-9-16(10-8-15)23-20(26)21-13-17-5-3-11-29-17/h1-11H,12-13H2,(H,22,25)(H2,21,23,26). The number of urea groups is 1. The molecule has 29 heavy (non-hydrogen) atoms. The Morgan fingerprint density at radius 2 is 1.62 bits per heavy atom. The zero-order valence-corrected chi connectivity index (χ0v) is 15.3. The number of hydrogen-bond acceptors (Lipinski definition) is 5. The van der Waals surface area contributed by atoms with Crippen molar-refractivity contribution >= 4 is 29.0 Å². The minimum Gasteiger partial charge on any atom is -0.467 e. The Hall–Kier alpha value is -4.14. The first-order valence-corrected chi connectivity index (χ1v) is 8.71. The summed E-state index contributed by atoms with van der Waals surface area (Å²) >= 11 is 0. The number of nitro groups is 1. The summed E-state index contributed by atoms with van der Waals surface area (Å²) in [7, 11) is 0. The van der Waals surface area contributed by atoms with Crippen LogP contribution in [0.5, 0.6) is 0 Å². The van der Waals surface area contributed by atoms with Crippen molar-refractivity contribution < 1.29 is 18.9 Å². The van der Waals surface area contributed by atoms with E-state index in [-0.39, 0.29) is 24.6 Å². The van der Waals surface area contributed by atoms with Crippen molar-refractivity contribution in [3.8, 4) is 0 Å². The SMILES string of the molecule is O=C(Cc1ccccc1[N+](=O)[O-])Nc1ccc(NC(=O)NCc2ccco2)cc1. The van der Waals surface area contributed by atoms with Crippen molar-refractivity contribution in [2.45, 2.75) is 13.0 Å². The molecule has 0 radical (unpaired) electrons. The van der Waals surface area contributed by atoms with Crippen LogP contribution >= 0.6 is 0 Å². The van der Waals surface area contributed by atoms with E-state index < -0.39 is 11.0 Å². The van der Waals surface area contributed by atoms with E-state index in [4.69, 9.17) is 4.42 Å². The third-order valence-electron chi connectivity index (χ3n) is 3.97. The van der Waals surface area contributed by atoms with E-state index in [9.17, 15) is 19.7 Å². The van der Waals surface area contributed by atoms with Gasteiger partial charge in [0.1, 0.15) is 5.76 Å². The average molecular weight is 394 g/mol. The maximum atomic E-state index is 12.2. The summed E-state index contributed by atoms with van der Waals surface area (Å²) in [5.41, 5.74) is 1.29. The van der Waals surface area contributed by atoms with Gasteiger partial charge >= 0.3 is 6.03 Å². The molecule has 0 unspecified atom stereocenters. The van der Waals surface area contributed by atoms with Crippen molar-refractivity contribution in [1.29, 1.82) is 0 Å². The van der Waals surface area contributed by atoms with Crippen LogP contribution in [0.15, 0.2) is 71.3 Å². The Kier molecular flexibility index (Phi) is 6.21. The summed E-state index contributed by atoms with van der Waals surface area (Å²) in [4.78, 5) is 34.6. The molecule has 9 nitrogen and oxygen atoms in total. The Bertz CT molecular complexity index is 1000. The van der Waals surface area contributed by atoms with Crippen molar-refractivity contribution in [2.24, 2.45) is 0 Å². The first kappa shape index (κ1) is 19.6. The zero-order valence-electron chi connectivity index (χ0n) is 15.3. The normalized spacial score (nSPS) is 10.2. The molecule has 3 aromatic rings. The molecule has 1 aromatic heterocycles. The van der Waals surface area contributed by atoms with Crippen molar-refractivity contribution in [2.75, 3.05) is 10.6 Å². The molecule has 0 aliphatic carbocycles. The van der Waals surface area contributed by atoms with Crippen LogP contribution in [0.4, 0.5) is 21.9 Å². The number of furan rings is 1. The van der Waals surface area contributed by atoms with Crippen LogP contribution in [-0.4, -0.2) is 16.9 Å². The van der Waals surface area contributed by atoms with Gasteiger partial charge in [0.15, 0.2) is 0 Å². The molecule has 2 aromatic carbocycles. The van der Waals surface area contributed by atoms with E-state index in [0.717, 1.165) is 0 Å². The van der Waals surface area contributed by atoms with Gasteiger partial charge in [0.05, 0.1) is 24.2 Å². The lowest BCUT2D eigenvalue weighted by Crippen LogP contribution is -2.27. The molecule has 1 heterocycles. The average Bonchev–Trinajstić information content (AvgIpc) is 3.22. The summed E-state index contributed by atoms with van der Waals surface area (Å²) in [6.07, 6.45) is 1.41. The lowest BCUT2D eigenvalue weighted by molar-refractivity contribution is -0.385. The third-order valence-corrected chi connectivity index (χ3v) is 3.97. The van der Waals surface area contributed by atoms with E-state index in [1.54, 1.807) is 54.6 Å². The Balaban J connectivity index is 1.51. The summed E-state index contributed by atoms with van der Waals surface area (Å²) in [6, 6.07) is 15.7. The van der Waals surface area contributed by atoms with Crippen LogP contribution in [-0.2, 0) is 17.8 Å². The molecule has 3 rings (SSSR count). The maximum absolute atomic E-state index is 12.2. The van der Waals surface area contributed by atoms with Crippen LogP contribution in [0.3, 0.4) is 0 Å². The maximum Gasteiger partial charge on any atom is 0.319 e. The van der Waals surface area contributed by atoms with E-state index >= 15 is 0 Å². The van der Waals surface area contributed by atoms with E-state index in [1.165, 1.54) is 12.3 Å². The summed E-state index contributed by atoms with van der Waals surface area (Å²) in [5, 5.41) is 19.0.